The topological polar surface area (TPSA) is 0 Å². The molecule has 108 valence electrons. The van der Waals surface area contributed by atoms with Crippen LogP contribution in [0.3, 0.4) is 0 Å². The van der Waals surface area contributed by atoms with Crippen LogP contribution < -0.4 is 0 Å². The van der Waals surface area contributed by atoms with E-state index in [1.165, 1.54) is 6.07 Å². The van der Waals surface area contributed by atoms with Crippen LogP contribution in [0.1, 0.15) is 61.0 Å². The van der Waals surface area contributed by atoms with Crippen molar-refractivity contribution in [2.45, 2.75) is 59.5 Å². The molecule has 0 saturated carbocycles. The van der Waals surface area contributed by atoms with Crippen LogP contribution >= 0.6 is 0 Å². The minimum atomic E-state index is -4.55. The molecule has 1 aromatic carbocycles. The fourth-order valence-electron chi connectivity index (χ4n) is 1.90. The highest BCUT2D eigenvalue weighted by Crippen LogP contribution is 2.36. The fourth-order valence-corrected chi connectivity index (χ4v) is 1.90. The zero-order valence-electron chi connectivity index (χ0n) is 14.4. The number of benzene rings is 1. The molecular formula is C16H23F3. The molecule has 19 heavy (non-hydrogen) atoms. The molecule has 0 aliphatic heterocycles. The van der Waals surface area contributed by atoms with Crippen molar-refractivity contribution in [3.63, 3.8) is 0 Å². The third-order valence-corrected chi connectivity index (χ3v) is 2.68. The van der Waals surface area contributed by atoms with Gasteiger partial charge in [-0.1, -0.05) is 47.6 Å². The van der Waals surface area contributed by atoms with Gasteiger partial charge in [-0.2, -0.15) is 13.2 Å². The van der Waals surface area contributed by atoms with Gasteiger partial charge in [0.1, 0.15) is 0 Å². The van der Waals surface area contributed by atoms with E-state index in [4.69, 9.17) is 2.74 Å². The maximum atomic E-state index is 13.0. The van der Waals surface area contributed by atoms with Gasteiger partial charge in [-0.15, -0.1) is 0 Å². The third-order valence-electron chi connectivity index (χ3n) is 2.68. The zero-order chi connectivity index (χ0) is 16.8. The molecule has 1 atom stereocenters. The molecular weight excluding hydrogens is 249 g/mol. The van der Waals surface area contributed by atoms with Crippen LogP contribution in [0.2, 0.25) is 0 Å². The number of hydrogen-bond acceptors (Lipinski definition) is 0. The summed E-state index contributed by atoms with van der Waals surface area (Å²) in [5.74, 6) is 0. The first-order chi connectivity index (χ1) is 9.15. The Kier molecular flexibility index (Phi) is 3.32. The summed E-state index contributed by atoms with van der Waals surface area (Å²) in [5, 5.41) is 0. The van der Waals surface area contributed by atoms with Gasteiger partial charge in [-0.05, 0) is 40.5 Å². The fraction of sp³-hybridized carbons (Fsp3) is 0.625. The van der Waals surface area contributed by atoms with Gasteiger partial charge in [0.15, 0.2) is 0 Å². The number of rotatable bonds is 1. The van der Waals surface area contributed by atoms with E-state index in [9.17, 15) is 13.2 Å². The van der Waals surface area contributed by atoms with Crippen LogP contribution in [-0.2, 0) is 18.0 Å². The minimum absolute atomic E-state index is 0.411. The molecule has 0 nitrogen and oxygen atoms in total. The predicted octanol–water partition coefficient (Wildman–Crippen LogP) is 5.59. The summed E-state index contributed by atoms with van der Waals surface area (Å²) in [6.45, 7) is 11.1. The van der Waals surface area contributed by atoms with Crippen LogP contribution in [0.25, 0.3) is 0 Å². The van der Waals surface area contributed by atoms with Crippen LogP contribution in [0.15, 0.2) is 18.2 Å². The molecule has 3 heteroatoms. The van der Waals surface area contributed by atoms with Crippen molar-refractivity contribution in [3.05, 3.63) is 34.9 Å². The lowest BCUT2D eigenvalue weighted by atomic mass is 9.78. The van der Waals surface area contributed by atoms with Crippen molar-refractivity contribution in [2.24, 2.45) is 5.41 Å². The summed E-state index contributed by atoms with van der Waals surface area (Å²) < 4.78 is 55.1. The summed E-state index contributed by atoms with van der Waals surface area (Å²) in [5.41, 5.74) is -0.870. The number of halogens is 3. The molecule has 0 radical (unpaired) electrons. The summed E-state index contributed by atoms with van der Waals surface area (Å²) in [4.78, 5) is 0. The molecule has 1 aromatic rings. The predicted molar refractivity (Wildman–Crippen MR) is 73.3 cm³/mol. The first kappa shape index (κ1) is 13.0. The number of alkyl halides is 3. The molecule has 1 rings (SSSR count). The highest BCUT2D eigenvalue weighted by molar-refractivity contribution is 5.38. The molecule has 0 N–H and O–H groups in total. The molecule has 0 aromatic heterocycles. The molecule has 0 fully saturated rings. The van der Waals surface area contributed by atoms with Crippen LogP contribution in [0.4, 0.5) is 13.2 Å². The van der Waals surface area contributed by atoms with E-state index >= 15 is 0 Å². The molecule has 0 spiro atoms. The highest BCUT2D eigenvalue weighted by atomic mass is 19.4. The van der Waals surface area contributed by atoms with Crippen molar-refractivity contribution in [2.75, 3.05) is 0 Å². The lowest BCUT2D eigenvalue weighted by Crippen LogP contribution is -2.20. The van der Waals surface area contributed by atoms with Crippen LogP contribution in [0.5, 0.6) is 0 Å². The summed E-state index contributed by atoms with van der Waals surface area (Å²) in [6, 6.07) is 1.70. The largest absolute Gasteiger partial charge is 0.416 e. The number of hydrogen-bond donors (Lipinski definition) is 0. The van der Waals surface area contributed by atoms with Crippen molar-refractivity contribution in [3.8, 4) is 0 Å². The second-order valence-corrected chi connectivity index (χ2v) is 6.97. The smallest absolute Gasteiger partial charge is 0.166 e. The SMILES string of the molecule is [2H]c1cc(C([2H])C(C)(C)C)c(C(C)(C)C)cc1C(F)(F)F. The summed E-state index contributed by atoms with van der Waals surface area (Å²) >= 11 is 0. The van der Waals surface area contributed by atoms with Crippen molar-refractivity contribution >= 4 is 0 Å². The van der Waals surface area contributed by atoms with Gasteiger partial charge in [0.2, 0.25) is 0 Å². The average Bonchev–Trinajstić information content (AvgIpc) is 2.22. The lowest BCUT2D eigenvalue weighted by molar-refractivity contribution is -0.137. The van der Waals surface area contributed by atoms with E-state index in [2.05, 4.69) is 0 Å². The van der Waals surface area contributed by atoms with Gasteiger partial charge in [-0.3, -0.25) is 0 Å². The Hall–Kier alpha value is -0.990. The molecule has 0 aliphatic carbocycles. The van der Waals surface area contributed by atoms with Crippen molar-refractivity contribution < 1.29 is 15.9 Å². The third kappa shape index (κ3) is 4.55. The average molecular weight is 274 g/mol. The quantitative estimate of drug-likeness (QED) is 0.626. The Bertz CT molecular complexity index is 520. The maximum absolute atomic E-state index is 13.0. The monoisotopic (exact) mass is 274 g/mol. The maximum Gasteiger partial charge on any atom is 0.416 e. The zero-order valence-corrected chi connectivity index (χ0v) is 12.4. The molecule has 0 bridgehead atoms. The Balaban J connectivity index is 3.63. The Morgan fingerprint density at radius 1 is 1.11 bits per heavy atom. The van der Waals surface area contributed by atoms with Gasteiger partial charge in [0, 0.05) is 1.37 Å². The van der Waals surface area contributed by atoms with Gasteiger partial charge >= 0.3 is 6.18 Å². The Labute approximate surface area is 116 Å². The second kappa shape index (κ2) is 4.84. The molecule has 0 amide bonds. The normalized spacial score (nSPS) is 16.9. The van der Waals surface area contributed by atoms with Crippen molar-refractivity contribution in [1.82, 2.24) is 0 Å². The Morgan fingerprint density at radius 2 is 1.63 bits per heavy atom. The molecule has 0 heterocycles. The van der Waals surface area contributed by atoms with E-state index in [0.29, 0.717) is 11.1 Å². The lowest BCUT2D eigenvalue weighted by Gasteiger charge is -2.28. The van der Waals surface area contributed by atoms with E-state index in [1.54, 1.807) is 0 Å². The van der Waals surface area contributed by atoms with E-state index in [-0.39, 0.29) is 0 Å². The Morgan fingerprint density at radius 3 is 2.00 bits per heavy atom. The van der Waals surface area contributed by atoms with E-state index in [1.807, 2.05) is 41.5 Å². The highest BCUT2D eigenvalue weighted by Gasteiger charge is 2.32. The summed E-state index contributed by atoms with van der Waals surface area (Å²) in [7, 11) is 0. The van der Waals surface area contributed by atoms with Gasteiger partial charge in [-0.25, -0.2) is 0 Å². The molecule has 0 aliphatic rings. The first-order valence-corrected chi connectivity index (χ1v) is 6.30. The van der Waals surface area contributed by atoms with Crippen LogP contribution in [0, 0.1) is 5.41 Å². The van der Waals surface area contributed by atoms with E-state index in [0.717, 1.165) is 6.07 Å². The minimum Gasteiger partial charge on any atom is -0.166 e. The first-order valence-electron chi connectivity index (χ1n) is 7.38. The van der Waals surface area contributed by atoms with Gasteiger partial charge < -0.3 is 0 Å². The van der Waals surface area contributed by atoms with Crippen molar-refractivity contribution in [1.29, 1.82) is 0 Å². The second-order valence-electron chi connectivity index (χ2n) is 6.97. The van der Waals surface area contributed by atoms with Gasteiger partial charge in [0.05, 0.1) is 6.93 Å². The standard InChI is InChI=1S/C16H23F3/c1-14(2,3)10-11-7-8-12(16(17,18)19)9-13(11)15(4,5)6/h7-9H,10H2,1-6H3/i8D,10D. The van der Waals surface area contributed by atoms with Crippen LogP contribution in [-0.4, -0.2) is 0 Å². The van der Waals surface area contributed by atoms with E-state index < -0.39 is 35.0 Å². The van der Waals surface area contributed by atoms with Gasteiger partial charge in [0.25, 0.3) is 0 Å². The molecule has 1 unspecified atom stereocenters. The molecule has 0 saturated heterocycles. The summed E-state index contributed by atoms with van der Waals surface area (Å²) in [6.07, 6.45) is -5.23.